The number of benzene rings is 1. The first-order valence-corrected chi connectivity index (χ1v) is 6.89. The molecule has 2 amide bonds. The van der Waals surface area contributed by atoms with Crippen LogP contribution in [0.25, 0.3) is 22.2 Å². The maximum absolute atomic E-state index is 11.5. The molecule has 3 aromatic rings. The number of anilines is 1. The number of rotatable bonds is 3. The van der Waals surface area contributed by atoms with Gasteiger partial charge in [-0.3, -0.25) is 5.32 Å². The number of hydrogen-bond acceptors (Lipinski definition) is 5. The van der Waals surface area contributed by atoms with E-state index in [0.29, 0.717) is 17.6 Å². The summed E-state index contributed by atoms with van der Waals surface area (Å²) in [5, 5.41) is 5.19. The summed E-state index contributed by atoms with van der Waals surface area (Å²) >= 11 is 0. The van der Waals surface area contributed by atoms with Crippen molar-refractivity contribution in [3.63, 3.8) is 0 Å². The zero-order chi connectivity index (χ0) is 15.5. The van der Waals surface area contributed by atoms with Gasteiger partial charge in [-0.05, 0) is 37.1 Å². The average molecular weight is 297 g/mol. The minimum atomic E-state index is -0.344. The van der Waals surface area contributed by atoms with Crippen LogP contribution in [0.1, 0.15) is 12.5 Å². The maximum Gasteiger partial charge on any atom is 0.322 e. The van der Waals surface area contributed by atoms with Crippen LogP contribution in [0, 0.1) is 6.92 Å². The first-order valence-electron chi connectivity index (χ1n) is 6.89. The van der Waals surface area contributed by atoms with Crippen molar-refractivity contribution >= 4 is 23.1 Å². The SMILES string of the molecule is CCNC(=O)Nc1nc2cc(-c3cncnc3)cc(C)c2o1. The van der Waals surface area contributed by atoms with E-state index in [2.05, 4.69) is 25.6 Å². The lowest BCUT2D eigenvalue weighted by Gasteiger charge is -2.01. The van der Waals surface area contributed by atoms with Gasteiger partial charge in [-0.2, -0.15) is 4.98 Å². The summed E-state index contributed by atoms with van der Waals surface area (Å²) < 4.78 is 5.59. The second kappa shape index (κ2) is 5.80. The molecule has 22 heavy (non-hydrogen) atoms. The molecule has 0 radical (unpaired) electrons. The van der Waals surface area contributed by atoms with Crippen molar-refractivity contribution in [2.75, 3.05) is 11.9 Å². The van der Waals surface area contributed by atoms with Crippen LogP contribution in [0.3, 0.4) is 0 Å². The molecule has 0 spiro atoms. The summed E-state index contributed by atoms with van der Waals surface area (Å²) in [6.07, 6.45) is 4.96. The Morgan fingerprint density at radius 1 is 1.23 bits per heavy atom. The second-order valence-corrected chi connectivity index (χ2v) is 4.77. The van der Waals surface area contributed by atoms with Gasteiger partial charge >= 0.3 is 12.0 Å². The monoisotopic (exact) mass is 297 g/mol. The van der Waals surface area contributed by atoms with Gasteiger partial charge in [-0.15, -0.1) is 0 Å². The average Bonchev–Trinajstić information content (AvgIpc) is 2.91. The highest BCUT2D eigenvalue weighted by Crippen LogP contribution is 2.28. The van der Waals surface area contributed by atoms with Crippen molar-refractivity contribution in [2.24, 2.45) is 0 Å². The Hall–Kier alpha value is -2.96. The fourth-order valence-corrected chi connectivity index (χ4v) is 2.17. The molecule has 112 valence electrons. The predicted octanol–water partition coefficient (Wildman–Crippen LogP) is 2.73. The van der Waals surface area contributed by atoms with E-state index in [1.807, 2.05) is 26.0 Å². The molecule has 3 rings (SSSR count). The Labute approximate surface area is 126 Å². The number of fused-ring (bicyclic) bond motifs is 1. The Morgan fingerprint density at radius 3 is 2.73 bits per heavy atom. The number of hydrogen-bond donors (Lipinski definition) is 2. The molecule has 1 aromatic carbocycles. The lowest BCUT2D eigenvalue weighted by atomic mass is 10.1. The third-order valence-electron chi connectivity index (χ3n) is 3.13. The van der Waals surface area contributed by atoms with Crippen LogP contribution in [0.4, 0.5) is 10.8 Å². The van der Waals surface area contributed by atoms with Crippen molar-refractivity contribution in [1.29, 1.82) is 0 Å². The van der Waals surface area contributed by atoms with Crippen LogP contribution in [-0.4, -0.2) is 27.5 Å². The maximum atomic E-state index is 11.5. The van der Waals surface area contributed by atoms with E-state index in [-0.39, 0.29) is 12.0 Å². The third kappa shape index (κ3) is 2.73. The van der Waals surface area contributed by atoms with Gasteiger partial charge in [0, 0.05) is 24.5 Å². The summed E-state index contributed by atoms with van der Waals surface area (Å²) in [5.41, 5.74) is 4.09. The molecule has 0 fully saturated rings. The predicted molar refractivity (Wildman–Crippen MR) is 82.5 cm³/mol. The van der Waals surface area contributed by atoms with Gasteiger partial charge in [0.1, 0.15) is 11.8 Å². The van der Waals surface area contributed by atoms with Crippen LogP contribution in [0.2, 0.25) is 0 Å². The van der Waals surface area contributed by atoms with Crippen LogP contribution in [0.5, 0.6) is 0 Å². The molecule has 0 atom stereocenters. The highest BCUT2D eigenvalue weighted by molar-refractivity contribution is 5.90. The first kappa shape index (κ1) is 14.0. The molecule has 0 aliphatic carbocycles. The highest BCUT2D eigenvalue weighted by Gasteiger charge is 2.12. The number of carbonyl (C=O) groups is 1. The van der Waals surface area contributed by atoms with E-state index in [0.717, 1.165) is 16.7 Å². The molecule has 2 aromatic heterocycles. The third-order valence-corrected chi connectivity index (χ3v) is 3.13. The van der Waals surface area contributed by atoms with Gasteiger partial charge in [0.2, 0.25) is 0 Å². The first-order chi connectivity index (χ1) is 10.7. The van der Waals surface area contributed by atoms with Crippen LogP contribution in [-0.2, 0) is 0 Å². The Kier molecular flexibility index (Phi) is 3.69. The number of aromatic nitrogens is 3. The summed E-state index contributed by atoms with van der Waals surface area (Å²) in [6.45, 7) is 4.30. The zero-order valence-corrected chi connectivity index (χ0v) is 12.3. The van der Waals surface area contributed by atoms with E-state index in [4.69, 9.17) is 4.42 Å². The normalized spacial score (nSPS) is 10.6. The van der Waals surface area contributed by atoms with E-state index >= 15 is 0 Å². The van der Waals surface area contributed by atoms with Crippen LogP contribution < -0.4 is 10.6 Å². The molecule has 0 bridgehead atoms. The number of aryl methyl sites for hydroxylation is 1. The Bertz CT molecular complexity index is 813. The molecule has 0 saturated carbocycles. The minimum Gasteiger partial charge on any atom is -0.423 e. The highest BCUT2D eigenvalue weighted by atomic mass is 16.4. The smallest absolute Gasteiger partial charge is 0.322 e. The number of nitrogens with zero attached hydrogens (tertiary/aromatic N) is 3. The van der Waals surface area contributed by atoms with E-state index in [9.17, 15) is 4.79 Å². The largest absolute Gasteiger partial charge is 0.423 e. The van der Waals surface area contributed by atoms with Gasteiger partial charge in [-0.25, -0.2) is 14.8 Å². The summed E-state index contributed by atoms with van der Waals surface area (Å²) in [4.78, 5) is 23.9. The van der Waals surface area contributed by atoms with E-state index in [1.165, 1.54) is 6.33 Å². The second-order valence-electron chi connectivity index (χ2n) is 4.77. The number of amides is 2. The number of carbonyl (C=O) groups excluding carboxylic acids is 1. The van der Waals surface area contributed by atoms with Crippen molar-refractivity contribution in [2.45, 2.75) is 13.8 Å². The van der Waals surface area contributed by atoms with Gasteiger partial charge < -0.3 is 9.73 Å². The van der Waals surface area contributed by atoms with Crippen molar-refractivity contribution in [3.05, 3.63) is 36.4 Å². The molecule has 0 aliphatic rings. The van der Waals surface area contributed by atoms with Gasteiger partial charge in [0.05, 0.1) is 0 Å². The van der Waals surface area contributed by atoms with Gasteiger partial charge in [0.15, 0.2) is 5.58 Å². The summed E-state index contributed by atoms with van der Waals surface area (Å²) in [6, 6.07) is 3.68. The zero-order valence-electron chi connectivity index (χ0n) is 12.3. The molecular weight excluding hydrogens is 282 g/mol. The number of oxazole rings is 1. The van der Waals surface area contributed by atoms with Crippen LogP contribution in [0.15, 0.2) is 35.3 Å². The standard InChI is InChI=1S/C15H15N5O2/c1-3-18-14(21)20-15-19-12-5-10(4-9(2)13(12)22-15)11-6-16-8-17-7-11/h4-8H,3H2,1-2H3,(H2,18,19,20,21). The fourth-order valence-electron chi connectivity index (χ4n) is 2.17. The van der Waals surface area contributed by atoms with E-state index in [1.54, 1.807) is 12.4 Å². The molecule has 0 unspecified atom stereocenters. The Balaban J connectivity index is 1.98. The topological polar surface area (TPSA) is 92.9 Å². The van der Waals surface area contributed by atoms with Gasteiger partial charge in [0.25, 0.3) is 0 Å². The molecule has 7 heteroatoms. The summed E-state index contributed by atoms with van der Waals surface area (Å²) in [7, 11) is 0. The lowest BCUT2D eigenvalue weighted by molar-refractivity contribution is 0.252. The minimum absolute atomic E-state index is 0.172. The quantitative estimate of drug-likeness (QED) is 0.775. The Morgan fingerprint density at radius 2 is 2.00 bits per heavy atom. The molecule has 2 N–H and O–H groups in total. The van der Waals surface area contributed by atoms with Crippen molar-refractivity contribution in [3.8, 4) is 11.1 Å². The van der Waals surface area contributed by atoms with E-state index < -0.39 is 0 Å². The molecule has 2 heterocycles. The fraction of sp³-hybridized carbons (Fsp3) is 0.200. The molecule has 0 saturated heterocycles. The lowest BCUT2D eigenvalue weighted by Crippen LogP contribution is -2.28. The number of nitrogens with one attached hydrogen (secondary N) is 2. The number of urea groups is 1. The van der Waals surface area contributed by atoms with Gasteiger partial charge in [-0.1, -0.05) is 0 Å². The molecule has 0 aliphatic heterocycles. The van der Waals surface area contributed by atoms with Crippen molar-refractivity contribution < 1.29 is 9.21 Å². The van der Waals surface area contributed by atoms with Crippen LogP contribution >= 0.6 is 0 Å². The molecular formula is C15H15N5O2. The summed E-state index contributed by atoms with van der Waals surface area (Å²) in [5.74, 6) is 0. The van der Waals surface area contributed by atoms with Crippen molar-refractivity contribution in [1.82, 2.24) is 20.3 Å². The molecule has 7 nitrogen and oxygen atoms in total.